The van der Waals surface area contributed by atoms with Gasteiger partial charge in [0.2, 0.25) is 0 Å². The third-order valence-corrected chi connectivity index (χ3v) is 3.96. The number of rotatable bonds is 3. The monoisotopic (exact) mass is 287 g/mol. The third-order valence-electron chi connectivity index (χ3n) is 3.65. The maximum atomic E-state index is 6.36. The molecule has 0 unspecified atom stereocenters. The van der Waals surface area contributed by atoms with Gasteiger partial charge in [-0.05, 0) is 40.7 Å². The summed E-state index contributed by atoms with van der Waals surface area (Å²) in [7, 11) is 0. The SMILES string of the molecule is CC(C)c1ccc(-c2ccc(N)cc2Cl)c(C(C)C)c1. The van der Waals surface area contributed by atoms with E-state index < -0.39 is 0 Å². The van der Waals surface area contributed by atoms with Crippen LogP contribution in [-0.2, 0) is 0 Å². The molecule has 0 aliphatic carbocycles. The van der Waals surface area contributed by atoms with Gasteiger partial charge in [0.1, 0.15) is 0 Å². The lowest BCUT2D eigenvalue weighted by atomic mass is 9.88. The van der Waals surface area contributed by atoms with Gasteiger partial charge in [-0.15, -0.1) is 0 Å². The minimum atomic E-state index is 0.456. The summed E-state index contributed by atoms with van der Waals surface area (Å²) in [5.41, 5.74) is 11.4. The largest absolute Gasteiger partial charge is 0.399 e. The minimum Gasteiger partial charge on any atom is -0.399 e. The van der Waals surface area contributed by atoms with Crippen molar-refractivity contribution in [3.05, 3.63) is 52.5 Å². The molecule has 20 heavy (non-hydrogen) atoms. The first kappa shape index (κ1) is 14.9. The van der Waals surface area contributed by atoms with Gasteiger partial charge in [0.15, 0.2) is 0 Å². The average Bonchev–Trinajstić information content (AvgIpc) is 2.38. The predicted molar refractivity (Wildman–Crippen MR) is 89.5 cm³/mol. The molecule has 0 fully saturated rings. The lowest BCUT2D eigenvalue weighted by molar-refractivity contribution is 0.835. The summed E-state index contributed by atoms with van der Waals surface area (Å²) in [6.45, 7) is 8.87. The van der Waals surface area contributed by atoms with Crippen LogP contribution in [0, 0.1) is 0 Å². The predicted octanol–water partition coefficient (Wildman–Crippen LogP) is 5.84. The molecule has 0 radical (unpaired) electrons. The molecule has 0 saturated carbocycles. The molecule has 2 aromatic carbocycles. The fraction of sp³-hybridized carbons (Fsp3) is 0.333. The molecule has 2 rings (SSSR count). The Bertz CT molecular complexity index is 615. The quantitative estimate of drug-likeness (QED) is 0.706. The van der Waals surface area contributed by atoms with Gasteiger partial charge in [0.25, 0.3) is 0 Å². The fourth-order valence-electron chi connectivity index (χ4n) is 2.41. The van der Waals surface area contributed by atoms with E-state index in [0.717, 1.165) is 5.56 Å². The van der Waals surface area contributed by atoms with E-state index in [-0.39, 0.29) is 0 Å². The van der Waals surface area contributed by atoms with Gasteiger partial charge in [-0.2, -0.15) is 0 Å². The van der Waals surface area contributed by atoms with Crippen LogP contribution in [0.5, 0.6) is 0 Å². The molecule has 2 heteroatoms. The second kappa shape index (κ2) is 5.88. The summed E-state index contributed by atoms with van der Waals surface area (Å²) >= 11 is 6.36. The van der Waals surface area contributed by atoms with Crippen LogP contribution in [0.2, 0.25) is 5.02 Å². The number of halogens is 1. The van der Waals surface area contributed by atoms with Gasteiger partial charge in [-0.25, -0.2) is 0 Å². The highest BCUT2D eigenvalue weighted by Crippen LogP contribution is 2.36. The highest BCUT2D eigenvalue weighted by molar-refractivity contribution is 6.33. The molecule has 2 N–H and O–H groups in total. The van der Waals surface area contributed by atoms with Crippen LogP contribution in [-0.4, -0.2) is 0 Å². The van der Waals surface area contributed by atoms with E-state index in [1.807, 2.05) is 18.2 Å². The van der Waals surface area contributed by atoms with Crippen molar-refractivity contribution >= 4 is 17.3 Å². The summed E-state index contributed by atoms with van der Waals surface area (Å²) in [5.74, 6) is 0.987. The van der Waals surface area contributed by atoms with Crippen molar-refractivity contribution in [1.82, 2.24) is 0 Å². The van der Waals surface area contributed by atoms with Gasteiger partial charge >= 0.3 is 0 Å². The summed E-state index contributed by atoms with van der Waals surface area (Å²) < 4.78 is 0. The highest BCUT2D eigenvalue weighted by atomic mass is 35.5. The lowest BCUT2D eigenvalue weighted by Gasteiger charge is -2.17. The van der Waals surface area contributed by atoms with Crippen molar-refractivity contribution in [2.45, 2.75) is 39.5 Å². The topological polar surface area (TPSA) is 26.0 Å². The second-order valence-electron chi connectivity index (χ2n) is 5.90. The van der Waals surface area contributed by atoms with E-state index in [1.165, 1.54) is 16.7 Å². The van der Waals surface area contributed by atoms with E-state index in [1.54, 1.807) is 0 Å². The van der Waals surface area contributed by atoms with Crippen molar-refractivity contribution in [1.29, 1.82) is 0 Å². The van der Waals surface area contributed by atoms with Crippen molar-refractivity contribution in [3.8, 4) is 11.1 Å². The van der Waals surface area contributed by atoms with Crippen LogP contribution in [0.1, 0.15) is 50.7 Å². The number of anilines is 1. The Hall–Kier alpha value is -1.47. The first-order chi connectivity index (χ1) is 9.40. The Morgan fingerprint density at radius 3 is 2.05 bits per heavy atom. The molecular formula is C18H22ClN. The number of hydrogen-bond donors (Lipinski definition) is 1. The van der Waals surface area contributed by atoms with E-state index in [0.29, 0.717) is 22.5 Å². The van der Waals surface area contributed by atoms with Gasteiger partial charge in [0, 0.05) is 11.3 Å². The molecule has 0 atom stereocenters. The molecule has 2 aromatic rings. The smallest absolute Gasteiger partial charge is 0.0504 e. The highest BCUT2D eigenvalue weighted by Gasteiger charge is 2.13. The Morgan fingerprint density at radius 2 is 1.50 bits per heavy atom. The average molecular weight is 288 g/mol. The zero-order valence-electron chi connectivity index (χ0n) is 12.6. The van der Waals surface area contributed by atoms with E-state index in [2.05, 4.69) is 45.9 Å². The Labute approximate surface area is 126 Å². The molecule has 0 aliphatic heterocycles. The number of hydrogen-bond acceptors (Lipinski definition) is 1. The van der Waals surface area contributed by atoms with Crippen molar-refractivity contribution in [2.24, 2.45) is 0 Å². The first-order valence-corrected chi connectivity index (χ1v) is 7.47. The lowest BCUT2D eigenvalue weighted by Crippen LogP contribution is -1.97. The normalized spacial score (nSPS) is 11.3. The number of nitrogens with two attached hydrogens (primary N) is 1. The number of benzene rings is 2. The van der Waals surface area contributed by atoms with Crippen LogP contribution in [0.15, 0.2) is 36.4 Å². The maximum Gasteiger partial charge on any atom is 0.0504 e. The summed E-state index contributed by atoms with van der Waals surface area (Å²) in [5, 5.41) is 0.712. The van der Waals surface area contributed by atoms with Crippen LogP contribution in [0.4, 0.5) is 5.69 Å². The molecule has 0 amide bonds. The molecule has 0 spiro atoms. The van der Waals surface area contributed by atoms with Crippen molar-refractivity contribution < 1.29 is 0 Å². The molecule has 0 heterocycles. The van der Waals surface area contributed by atoms with Crippen LogP contribution >= 0.6 is 11.6 Å². The standard InChI is InChI=1S/C18H22ClN/c1-11(2)13-5-7-15(17(9-13)12(3)4)16-8-6-14(20)10-18(16)19/h5-12H,20H2,1-4H3. The maximum absolute atomic E-state index is 6.36. The van der Waals surface area contributed by atoms with Crippen LogP contribution < -0.4 is 5.73 Å². The van der Waals surface area contributed by atoms with Crippen LogP contribution in [0.25, 0.3) is 11.1 Å². The molecule has 106 valence electrons. The Morgan fingerprint density at radius 1 is 0.850 bits per heavy atom. The van der Waals surface area contributed by atoms with E-state index in [4.69, 9.17) is 17.3 Å². The molecular weight excluding hydrogens is 266 g/mol. The first-order valence-electron chi connectivity index (χ1n) is 7.09. The van der Waals surface area contributed by atoms with Gasteiger partial charge in [-0.1, -0.05) is 63.6 Å². The molecule has 0 aliphatic rings. The van der Waals surface area contributed by atoms with Crippen LogP contribution in [0.3, 0.4) is 0 Å². The Balaban J connectivity index is 2.61. The van der Waals surface area contributed by atoms with Crippen molar-refractivity contribution in [3.63, 3.8) is 0 Å². The molecule has 0 bridgehead atoms. The molecule has 1 nitrogen and oxygen atoms in total. The summed E-state index contributed by atoms with van der Waals surface area (Å²) in [6, 6.07) is 12.4. The third kappa shape index (κ3) is 2.99. The second-order valence-corrected chi connectivity index (χ2v) is 6.30. The summed E-state index contributed by atoms with van der Waals surface area (Å²) in [6.07, 6.45) is 0. The number of nitrogen functional groups attached to an aromatic ring is 1. The summed E-state index contributed by atoms with van der Waals surface area (Å²) in [4.78, 5) is 0. The molecule has 0 aromatic heterocycles. The van der Waals surface area contributed by atoms with Gasteiger partial charge < -0.3 is 5.73 Å². The zero-order valence-corrected chi connectivity index (χ0v) is 13.3. The minimum absolute atomic E-state index is 0.456. The van der Waals surface area contributed by atoms with E-state index in [9.17, 15) is 0 Å². The van der Waals surface area contributed by atoms with Crippen molar-refractivity contribution in [2.75, 3.05) is 5.73 Å². The molecule has 0 saturated heterocycles. The van der Waals surface area contributed by atoms with Gasteiger partial charge in [-0.3, -0.25) is 0 Å². The zero-order chi connectivity index (χ0) is 14.9. The fourth-order valence-corrected chi connectivity index (χ4v) is 2.70. The Kier molecular flexibility index (Phi) is 4.39. The van der Waals surface area contributed by atoms with E-state index >= 15 is 0 Å². The van der Waals surface area contributed by atoms with Gasteiger partial charge in [0.05, 0.1) is 5.02 Å².